The lowest BCUT2D eigenvalue weighted by Crippen LogP contribution is -2.58. The molecule has 4 nitrogen and oxygen atoms in total. The molecule has 1 aromatic rings. The Labute approximate surface area is 129 Å². The zero-order valence-electron chi connectivity index (χ0n) is 13.0. The number of amides is 1. The van der Waals surface area contributed by atoms with Crippen LogP contribution < -0.4 is 5.32 Å². The summed E-state index contributed by atoms with van der Waals surface area (Å²) >= 11 is 1.46. The van der Waals surface area contributed by atoms with E-state index in [-0.39, 0.29) is 11.3 Å². The molecule has 2 atom stereocenters. The number of nitrogens with zero attached hydrogens (tertiary/aromatic N) is 2. The minimum absolute atomic E-state index is 0.164. The van der Waals surface area contributed by atoms with Gasteiger partial charge in [-0.2, -0.15) is 0 Å². The van der Waals surface area contributed by atoms with Gasteiger partial charge in [-0.15, -0.1) is 10.2 Å². The molecule has 1 N–H and O–H groups in total. The van der Waals surface area contributed by atoms with Crippen molar-refractivity contribution in [1.82, 2.24) is 10.2 Å². The van der Waals surface area contributed by atoms with Crippen LogP contribution in [0.2, 0.25) is 0 Å². The van der Waals surface area contributed by atoms with Crippen LogP contribution in [-0.4, -0.2) is 16.1 Å². The van der Waals surface area contributed by atoms with Gasteiger partial charge < -0.3 is 5.32 Å². The third-order valence-electron chi connectivity index (χ3n) is 5.85. The first kappa shape index (κ1) is 13.7. The number of anilines is 1. The molecule has 1 amide bonds. The van der Waals surface area contributed by atoms with E-state index in [4.69, 9.17) is 0 Å². The van der Waals surface area contributed by atoms with Crippen molar-refractivity contribution in [2.24, 2.45) is 22.2 Å². The third kappa shape index (κ3) is 2.12. The molecular weight excluding hydrogens is 282 g/mol. The van der Waals surface area contributed by atoms with Gasteiger partial charge >= 0.3 is 0 Å². The second-order valence-corrected chi connectivity index (χ2v) is 9.67. The number of aromatic nitrogens is 2. The summed E-state index contributed by atoms with van der Waals surface area (Å²) in [6.45, 7) is 6.71. The van der Waals surface area contributed by atoms with Crippen molar-refractivity contribution >= 4 is 22.4 Å². The van der Waals surface area contributed by atoms with Crippen LogP contribution in [0.5, 0.6) is 0 Å². The van der Waals surface area contributed by atoms with E-state index in [1.54, 1.807) is 0 Å². The molecule has 5 heteroatoms. The van der Waals surface area contributed by atoms with Crippen LogP contribution in [0.1, 0.15) is 57.4 Å². The number of hydrogen-bond donors (Lipinski definition) is 1. The fourth-order valence-electron chi connectivity index (χ4n) is 6.28. The lowest BCUT2D eigenvalue weighted by atomic mass is 9.40. The molecule has 1 heterocycles. The Morgan fingerprint density at radius 3 is 2.33 bits per heavy atom. The van der Waals surface area contributed by atoms with Crippen LogP contribution in [0, 0.1) is 29.1 Å². The van der Waals surface area contributed by atoms with E-state index in [0.29, 0.717) is 16.0 Å². The molecule has 4 fully saturated rings. The highest BCUT2D eigenvalue weighted by Crippen LogP contribution is 2.69. The van der Waals surface area contributed by atoms with E-state index >= 15 is 0 Å². The first-order valence-electron chi connectivity index (χ1n) is 7.92. The molecule has 4 aliphatic carbocycles. The molecule has 4 saturated carbocycles. The molecular formula is C16H23N3OS. The molecule has 4 bridgehead atoms. The van der Waals surface area contributed by atoms with Gasteiger partial charge in [0.05, 0.1) is 5.41 Å². The summed E-state index contributed by atoms with van der Waals surface area (Å²) in [6, 6.07) is 0. The van der Waals surface area contributed by atoms with E-state index < -0.39 is 0 Å². The average molecular weight is 305 g/mol. The normalized spacial score (nSPS) is 44.0. The van der Waals surface area contributed by atoms with E-state index in [2.05, 4.69) is 29.4 Å². The number of carbonyl (C=O) groups is 1. The van der Waals surface area contributed by atoms with Gasteiger partial charge in [-0.3, -0.25) is 4.79 Å². The summed E-state index contributed by atoms with van der Waals surface area (Å²) in [6.07, 6.45) is 7.10. The van der Waals surface area contributed by atoms with E-state index in [0.717, 1.165) is 30.2 Å². The fourth-order valence-corrected chi connectivity index (χ4v) is 6.86. The zero-order valence-corrected chi connectivity index (χ0v) is 13.8. The van der Waals surface area contributed by atoms with Crippen molar-refractivity contribution in [3.05, 3.63) is 5.01 Å². The van der Waals surface area contributed by atoms with Crippen molar-refractivity contribution in [2.45, 2.75) is 59.3 Å². The van der Waals surface area contributed by atoms with Gasteiger partial charge in [0.1, 0.15) is 5.01 Å². The molecule has 0 saturated heterocycles. The maximum Gasteiger partial charge on any atom is 0.232 e. The number of aryl methyl sites for hydroxylation is 1. The fraction of sp³-hybridized carbons (Fsp3) is 0.812. The first-order valence-corrected chi connectivity index (χ1v) is 8.73. The highest BCUT2D eigenvalue weighted by Gasteiger charge is 2.62. The van der Waals surface area contributed by atoms with E-state index in [9.17, 15) is 4.79 Å². The van der Waals surface area contributed by atoms with Crippen LogP contribution in [0.15, 0.2) is 0 Å². The van der Waals surface area contributed by atoms with Crippen LogP contribution in [0.4, 0.5) is 5.13 Å². The first-order chi connectivity index (χ1) is 9.80. The largest absolute Gasteiger partial charge is 0.300 e. The molecule has 21 heavy (non-hydrogen) atoms. The van der Waals surface area contributed by atoms with Crippen molar-refractivity contribution in [2.75, 3.05) is 5.32 Å². The lowest BCUT2D eigenvalue weighted by molar-refractivity contribution is -0.165. The standard InChI is InChI=1S/C16H23N3OS/c1-10-18-19-13(21-10)17-12(20)16-6-11-4-14(2,8-16)7-15(3,5-11)9-16/h11H,4-9H2,1-3H3,(H,17,19,20)/t11?,14-,15-,16?/m1/s1. The summed E-state index contributed by atoms with van der Waals surface area (Å²) < 4.78 is 0. The molecule has 0 spiro atoms. The highest BCUT2D eigenvalue weighted by atomic mass is 32.1. The minimum Gasteiger partial charge on any atom is -0.300 e. The molecule has 0 aliphatic heterocycles. The second kappa shape index (κ2) is 4.06. The summed E-state index contributed by atoms with van der Waals surface area (Å²) in [5, 5.41) is 12.7. The molecule has 1 aromatic heterocycles. The molecule has 4 aliphatic rings. The third-order valence-corrected chi connectivity index (χ3v) is 6.61. The predicted octanol–water partition coefficient (Wildman–Crippen LogP) is 3.78. The zero-order chi connectivity index (χ0) is 14.9. The van der Waals surface area contributed by atoms with Crippen LogP contribution >= 0.6 is 11.3 Å². The predicted molar refractivity (Wildman–Crippen MR) is 83.1 cm³/mol. The van der Waals surface area contributed by atoms with E-state index in [1.807, 2.05) is 6.92 Å². The van der Waals surface area contributed by atoms with Gasteiger partial charge in [0, 0.05) is 0 Å². The smallest absolute Gasteiger partial charge is 0.232 e. The highest BCUT2D eigenvalue weighted by molar-refractivity contribution is 7.15. The Morgan fingerprint density at radius 2 is 1.81 bits per heavy atom. The average Bonchev–Trinajstić information content (AvgIpc) is 2.69. The Bertz CT molecular complexity index is 592. The number of hydrogen-bond acceptors (Lipinski definition) is 4. The van der Waals surface area contributed by atoms with Crippen LogP contribution in [0.3, 0.4) is 0 Å². The quantitative estimate of drug-likeness (QED) is 0.904. The van der Waals surface area contributed by atoms with Gasteiger partial charge in [-0.25, -0.2) is 0 Å². The summed E-state index contributed by atoms with van der Waals surface area (Å²) in [5.41, 5.74) is 0.563. The molecule has 114 valence electrons. The Balaban J connectivity index is 1.63. The van der Waals surface area contributed by atoms with Gasteiger partial charge in [-0.05, 0) is 62.2 Å². The van der Waals surface area contributed by atoms with E-state index in [1.165, 1.54) is 30.6 Å². The number of nitrogens with one attached hydrogen (secondary N) is 1. The lowest BCUT2D eigenvalue weighted by Gasteiger charge is -2.64. The van der Waals surface area contributed by atoms with Crippen molar-refractivity contribution < 1.29 is 4.79 Å². The van der Waals surface area contributed by atoms with Gasteiger partial charge in [-0.1, -0.05) is 25.2 Å². The number of rotatable bonds is 2. The second-order valence-electron chi connectivity index (χ2n) is 8.49. The Morgan fingerprint density at radius 1 is 1.14 bits per heavy atom. The van der Waals surface area contributed by atoms with Crippen molar-refractivity contribution in [3.63, 3.8) is 0 Å². The van der Waals surface area contributed by atoms with Crippen LogP contribution in [-0.2, 0) is 4.79 Å². The Hall–Kier alpha value is -0.970. The SMILES string of the molecule is Cc1nnc(NC(=O)C23CC4C[C@@](C)(C2)C[C@@](C)(C4)C3)s1. The Kier molecular flexibility index (Phi) is 2.64. The summed E-state index contributed by atoms with van der Waals surface area (Å²) in [4.78, 5) is 13.0. The van der Waals surface area contributed by atoms with Gasteiger partial charge in [0.25, 0.3) is 0 Å². The molecule has 0 radical (unpaired) electrons. The topological polar surface area (TPSA) is 54.9 Å². The van der Waals surface area contributed by atoms with Gasteiger partial charge in [0.15, 0.2) is 0 Å². The summed E-state index contributed by atoms with van der Waals surface area (Å²) in [7, 11) is 0. The molecule has 5 rings (SSSR count). The van der Waals surface area contributed by atoms with Gasteiger partial charge in [0.2, 0.25) is 11.0 Å². The van der Waals surface area contributed by atoms with Crippen molar-refractivity contribution in [3.8, 4) is 0 Å². The van der Waals surface area contributed by atoms with Crippen LogP contribution in [0.25, 0.3) is 0 Å². The van der Waals surface area contributed by atoms with Crippen molar-refractivity contribution in [1.29, 1.82) is 0 Å². The molecule has 0 aromatic carbocycles. The maximum atomic E-state index is 13.0. The monoisotopic (exact) mass is 305 g/mol. The summed E-state index contributed by atoms with van der Waals surface area (Å²) in [5.74, 6) is 0.929. The number of carbonyl (C=O) groups excluding carboxylic acids is 1. The molecule has 0 unspecified atom stereocenters. The minimum atomic E-state index is -0.164. The maximum absolute atomic E-state index is 13.0.